The number of benzene rings is 3. The Morgan fingerprint density at radius 1 is 1.10 bits per heavy atom. The molecular formula is C31H29ClFN4O12PS. The molecule has 5 rings (SSSR count). The molecule has 20 heteroatoms. The molecule has 2 aromatic heterocycles. The second kappa shape index (κ2) is 16.8. The molecule has 0 saturated heterocycles. The van der Waals surface area contributed by atoms with Crippen LogP contribution in [0.1, 0.15) is 11.3 Å². The van der Waals surface area contributed by atoms with Gasteiger partial charge in [0.25, 0.3) is 5.91 Å². The quantitative estimate of drug-likeness (QED) is 0.0198. The van der Waals surface area contributed by atoms with Crippen LogP contribution in [0.3, 0.4) is 0 Å². The average molecular weight is 767 g/mol. The lowest BCUT2D eigenvalue weighted by Gasteiger charge is -2.32. The van der Waals surface area contributed by atoms with Gasteiger partial charge in [-0.15, -0.1) is 0 Å². The lowest BCUT2D eigenvalue weighted by Crippen LogP contribution is -2.53. The Kier molecular flexibility index (Phi) is 12.5. The van der Waals surface area contributed by atoms with Crippen LogP contribution in [0, 0.1) is 5.82 Å². The number of rotatable bonds is 16. The second-order valence-corrected chi connectivity index (χ2v) is 12.7. The van der Waals surface area contributed by atoms with E-state index >= 15 is 0 Å². The Balaban J connectivity index is 1.32. The van der Waals surface area contributed by atoms with Crippen molar-refractivity contribution >= 4 is 60.0 Å². The van der Waals surface area contributed by atoms with E-state index in [1.165, 1.54) is 31.6 Å². The van der Waals surface area contributed by atoms with Crippen molar-refractivity contribution in [1.29, 1.82) is 0 Å². The number of aliphatic hydroxyl groups is 2. The van der Waals surface area contributed by atoms with E-state index in [0.29, 0.717) is 67.0 Å². The standard InChI is InChI=1S/C31H29ClFN4O12PS/c1-44-49-51-16-31(39,40)37(30(38)46-18-47-50(41,42)43)14-23-7-10-27(48-23)20-5-8-26-24(12-20)29(35-17-34-26)36-22-6-9-28(25(32)13-22)45-15-19-3-2-4-21(33)11-19/h2-13,17,39-40H,14-16,18H2,1H3,(H,34,35,36)(H2,41,42,43). The Morgan fingerprint density at radius 3 is 2.67 bits per heavy atom. The van der Waals surface area contributed by atoms with Gasteiger partial charge < -0.3 is 39.2 Å². The van der Waals surface area contributed by atoms with Gasteiger partial charge in [0.2, 0.25) is 6.79 Å². The number of carbonyl (C=O) groups is 1. The number of nitrogens with zero attached hydrogens (tertiary/aromatic N) is 3. The van der Waals surface area contributed by atoms with Gasteiger partial charge in [0.05, 0.1) is 29.9 Å². The van der Waals surface area contributed by atoms with Crippen molar-refractivity contribution < 1.29 is 61.4 Å². The summed E-state index contributed by atoms with van der Waals surface area (Å²) in [4.78, 5) is 44.0. The summed E-state index contributed by atoms with van der Waals surface area (Å²) >= 11 is 6.93. The number of amides is 1. The van der Waals surface area contributed by atoms with Crippen molar-refractivity contribution in [3.8, 4) is 17.1 Å². The molecule has 0 fully saturated rings. The summed E-state index contributed by atoms with van der Waals surface area (Å²) < 4.78 is 49.5. The van der Waals surface area contributed by atoms with Crippen molar-refractivity contribution in [2.24, 2.45) is 0 Å². The highest BCUT2D eigenvalue weighted by molar-refractivity contribution is 7.94. The topological polar surface area (TPSA) is 215 Å². The minimum Gasteiger partial charge on any atom is -0.487 e. The zero-order valence-electron chi connectivity index (χ0n) is 26.3. The maximum Gasteiger partial charge on any atom is 0.472 e. The van der Waals surface area contributed by atoms with E-state index in [1.807, 2.05) is 0 Å². The van der Waals surface area contributed by atoms with E-state index < -0.39 is 38.9 Å². The van der Waals surface area contributed by atoms with E-state index in [-0.39, 0.29) is 18.2 Å². The van der Waals surface area contributed by atoms with E-state index in [9.17, 15) is 24.0 Å². The second-order valence-electron chi connectivity index (χ2n) is 10.4. The number of phosphoric acid groups is 1. The van der Waals surface area contributed by atoms with Crippen LogP contribution in [0.25, 0.3) is 22.2 Å². The van der Waals surface area contributed by atoms with Crippen molar-refractivity contribution in [3.05, 3.63) is 101 Å². The molecule has 1 amide bonds. The molecule has 0 aliphatic rings. The molecule has 0 saturated carbocycles. The average Bonchev–Trinajstić information content (AvgIpc) is 3.55. The summed E-state index contributed by atoms with van der Waals surface area (Å²) in [6.07, 6.45) is -0.0212. The van der Waals surface area contributed by atoms with E-state index in [4.69, 9.17) is 30.5 Å². The molecular weight excluding hydrogens is 738 g/mol. The lowest BCUT2D eigenvalue weighted by atomic mass is 10.1. The van der Waals surface area contributed by atoms with Crippen LogP contribution in [0.15, 0.2) is 83.5 Å². The fraction of sp³-hybridized carbons (Fsp3) is 0.194. The van der Waals surface area contributed by atoms with Crippen LogP contribution < -0.4 is 10.1 Å². The molecule has 16 nitrogen and oxygen atoms in total. The Labute approximate surface area is 298 Å². The van der Waals surface area contributed by atoms with Crippen LogP contribution in [0.4, 0.5) is 20.7 Å². The van der Waals surface area contributed by atoms with Gasteiger partial charge in [-0.05, 0) is 66.2 Å². The summed E-state index contributed by atoms with van der Waals surface area (Å²) in [7, 11) is -3.81. The Hall–Kier alpha value is -4.33. The third kappa shape index (κ3) is 10.6. The minimum absolute atomic E-state index is 0.0695. The number of hydrogen-bond acceptors (Lipinski definition) is 14. The first-order chi connectivity index (χ1) is 24.3. The summed E-state index contributed by atoms with van der Waals surface area (Å²) in [5.41, 5.74) is 2.40. The molecule has 0 spiro atoms. The molecule has 5 aromatic rings. The molecule has 0 atom stereocenters. The molecule has 3 aromatic carbocycles. The lowest BCUT2D eigenvalue weighted by molar-refractivity contribution is -0.240. The molecule has 5 N–H and O–H groups in total. The molecule has 0 bridgehead atoms. The smallest absolute Gasteiger partial charge is 0.472 e. The van der Waals surface area contributed by atoms with Gasteiger partial charge in [-0.25, -0.2) is 38.0 Å². The molecule has 0 unspecified atom stereocenters. The predicted molar refractivity (Wildman–Crippen MR) is 180 cm³/mol. The maximum atomic E-state index is 13.5. The van der Waals surface area contributed by atoms with Crippen LogP contribution in [0.5, 0.6) is 5.75 Å². The van der Waals surface area contributed by atoms with E-state index in [2.05, 4.69) is 33.8 Å². The van der Waals surface area contributed by atoms with Crippen LogP contribution in [-0.4, -0.2) is 66.5 Å². The highest BCUT2D eigenvalue weighted by atomic mass is 35.5. The van der Waals surface area contributed by atoms with E-state index in [0.717, 1.165) is 0 Å². The van der Waals surface area contributed by atoms with Gasteiger partial charge >= 0.3 is 13.9 Å². The highest BCUT2D eigenvalue weighted by Gasteiger charge is 2.39. The first-order valence-electron chi connectivity index (χ1n) is 14.5. The molecule has 0 aliphatic heterocycles. The van der Waals surface area contributed by atoms with Crippen molar-refractivity contribution in [1.82, 2.24) is 14.9 Å². The van der Waals surface area contributed by atoms with E-state index in [1.54, 1.807) is 54.6 Å². The molecule has 0 aliphatic carbocycles. The normalized spacial score (nSPS) is 11.8. The van der Waals surface area contributed by atoms with Crippen LogP contribution in [-0.2, 0) is 36.2 Å². The number of carbonyl (C=O) groups excluding carboxylic acids is 1. The number of fused-ring (bicyclic) bond motifs is 1. The third-order valence-corrected chi connectivity index (χ3v) is 8.27. The van der Waals surface area contributed by atoms with Crippen molar-refractivity contribution in [2.75, 3.05) is 25.0 Å². The summed E-state index contributed by atoms with van der Waals surface area (Å²) in [6.45, 7) is -1.63. The van der Waals surface area contributed by atoms with Gasteiger partial charge in [0, 0.05) is 28.7 Å². The number of nitrogens with one attached hydrogen (secondary N) is 1. The predicted octanol–water partition coefficient (Wildman–Crippen LogP) is 5.87. The van der Waals surface area contributed by atoms with Gasteiger partial charge in [-0.2, -0.15) is 4.33 Å². The molecule has 0 radical (unpaired) electrons. The van der Waals surface area contributed by atoms with Gasteiger partial charge in [0.1, 0.15) is 41.8 Å². The van der Waals surface area contributed by atoms with Crippen molar-refractivity contribution in [3.63, 3.8) is 0 Å². The number of hydrogen-bond donors (Lipinski definition) is 5. The molecule has 270 valence electrons. The number of phosphoric ester groups is 1. The number of aromatic nitrogens is 2. The summed E-state index contributed by atoms with van der Waals surface area (Å²) in [5.74, 6) is -2.71. The van der Waals surface area contributed by atoms with Crippen molar-refractivity contribution in [2.45, 2.75) is 19.1 Å². The SMILES string of the molecule is COOSCC(O)(O)N(Cc1ccc(-c2ccc3ncnc(Nc4ccc(OCc5cccc(F)c5)c(Cl)c4)c3c2)o1)C(=O)OCOP(=O)(O)O. The van der Waals surface area contributed by atoms with Crippen LogP contribution in [0.2, 0.25) is 5.02 Å². The Morgan fingerprint density at radius 2 is 1.92 bits per heavy atom. The first-order valence-corrected chi connectivity index (χ1v) is 17.3. The monoisotopic (exact) mass is 766 g/mol. The van der Waals surface area contributed by atoms with Gasteiger partial charge in [-0.1, -0.05) is 23.7 Å². The number of furan rings is 1. The zero-order valence-corrected chi connectivity index (χ0v) is 28.8. The maximum absolute atomic E-state index is 13.5. The fourth-order valence-corrected chi connectivity index (χ4v) is 5.38. The number of ether oxygens (including phenoxy) is 2. The highest BCUT2D eigenvalue weighted by Crippen LogP contribution is 2.36. The molecule has 2 heterocycles. The third-order valence-electron chi connectivity index (χ3n) is 6.80. The Bertz CT molecular complexity index is 2030. The van der Waals surface area contributed by atoms with Crippen LogP contribution >= 0.6 is 31.5 Å². The zero-order chi connectivity index (χ0) is 36.6. The molecule has 51 heavy (non-hydrogen) atoms. The van der Waals surface area contributed by atoms with Gasteiger partial charge in [0.15, 0.2) is 0 Å². The fourth-order valence-electron chi connectivity index (χ4n) is 4.49. The minimum atomic E-state index is -4.99. The largest absolute Gasteiger partial charge is 0.487 e. The van der Waals surface area contributed by atoms with Gasteiger partial charge in [-0.3, -0.25) is 0 Å². The summed E-state index contributed by atoms with van der Waals surface area (Å²) in [6, 6.07) is 19.4. The number of anilines is 2. The summed E-state index contributed by atoms with van der Waals surface area (Å²) in [5, 5.41) is 25.4. The first kappa shape index (κ1) is 37.9. The number of halogens is 2.